The van der Waals surface area contributed by atoms with Gasteiger partial charge in [-0.2, -0.15) is 0 Å². The fourth-order valence-corrected chi connectivity index (χ4v) is 0.642. The van der Waals surface area contributed by atoms with Gasteiger partial charge in [-0.15, -0.1) is 0 Å². The smallest absolute Gasteiger partial charge is 0.340 e. The molecule has 0 saturated carbocycles. The third kappa shape index (κ3) is 1.37. The first-order valence-corrected chi connectivity index (χ1v) is 2.91. The van der Waals surface area contributed by atoms with Gasteiger partial charge in [0.2, 0.25) is 0 Å². The molecule has 0 aromatic rings. The van der Waals surface area contributed by atoms with Crippen LogP contribution < -0.4 is 0 Å². The number of ether oxygens (including phenoxy) is 2. The van der Waals surface area contributed by atoms with Crippen LogP contribution in [0.25, 0.3) is 0 Å². The molecule has 3 heteroatoms. The Hall–Kier alpha value is -1.25. The summed E-state index contributed by atoms with van der Waals surface area (Å²) in [6.45, 7) is 0.528. The molecule has 0 N–H and O–H groups in total. The van der Waals surface area contributed by atoms with Crippen LogP contribution in [-0.4, -0.2) is 19.7 Å². The van der Waals surface area contributed by atoms with E-state index in [-0.39, 0.29) is 5.97 Å². The third-order valence-electron chi connectivity index (χ3n) is 1.12. The molecule has 1 aliphatic rings. The Labute approximate surface area is 58.9 Å². The van der Waals surface area contributed by atoms with Gasteiger partial charge in [-0.25, -0.2) is 4.79 Å². The minimum atomic E-state index is -0.365. The Kier molecular flexibility index (Phi) is 2.10. The largest absolute Gasteiger partial charge is 0.496 e. The minimum absolute atomic E-state index is 0.365. The molecule has 0 aliphatic carbocycles. The van der Waals surface area contributed by atoms with Gasteiger partial charge in [0.1, 0.15) is 6.61 Å². The van der Waals surface area contributed by atoms with Crippen LogP contribution in [0.1, 0.15) is 0 Å². The first kappa shape index (κ1) is 6.86. The predicted octanol–water partition coefficient (Wildman–Crippen LogP) is 0.630. The first-order chi connectivity index (χ1) is 4.84. The number of carbonyl (C=O) groups excluding carboxylic acids is 1. The maximum Gasteiger partial charge on any atom is 0.340 e. The SMILES string of the molecule is COC(=O)C1=COCC=C1. The minimum Gasteiger partial charge on any atom is -0.496 e. The van der Waals surface area contributed by atoms with Gasteiger partial charge in [0.25, 0.3) is 0 Å². The number of methoxy groups -OCH3 is 1. The van der Waals surface area contributed by atoms with Crippen molar-refractivity contribution in [2.24, 2.45) is 0 Å². The quantitative estimate of drug-likeness (QED) is 0.501. The second-order valence-corrected chi connectivity index (χ2v) is 1.80. The highest BCUT2D eigenvalue weighted by molar-refractivity contribution is 5.91. The summed E-state index contributed by atoms with van der Waals surface area (Å²) < 4.78 is 9.31. The molecular formula is C7H8O3. The lowest BCUT2D eigenvalue weighted by molar-refractivity contribution is -0.135. The van der Waals surface area contributed by atoms with Crippen molar-refractivity contribution in [2.75, 3.05) is 13.7 Å². The van der Waals surface area contributed by atoms with Gasteiger partial charge < -0.3 is 9.47 Å². The third-order valence-corrected chi connectivity index (χ3v) is 1.12. The van der Waals surface area contributed by atoms with Crippen molar-refractivity contribution in [2.45, 2.75) is 0 Å². The monoisotopic (exact) mass is 140 g/mol. The summed E-state index contributed by atoms with van der Waals surface area (Å²) in [5.41, 5.74) is 0.453. The van der Waals surface area contributed by atoms with E-state index in [1.54, 1.807) is 12.2 Å². The Balaban J connectivity index is 2.63. The highest BCUT2D eigenvalue weighted by Gasteiger charge is 2.07. The van der Waals surface area contributed by atoms with E-state index in [2.05, 4.69) is 4.74 Å². The molecule has 0 amide bonds. The zero-order chi connectivity index (χ0) is 7.40. The molecule has 1 rings (SSSR count). The molecule has 1 aliphatic heterocycles. The average molecular weight is 140 g/mol. The molecule has 0 spiro atoms. The summed E-state index contributed by atoms with van der Waals surface area (Å²) in [5, 5.41) is 0. The maximum absolute atomic E-state index is 10.7. The highest BCUT2D eigenvalue weighted by Crippen LogP contribution is 2.04. The molecule has 54 valence electrons. The van der Waals surface area contributed by atoms with E-state index in [0.717, 1.165) is 0 Å². The predicted molar refractivity (Wildman–Crippen MR) is 35.2 cm³/mol. The van der Waals surface area contributed by atoms with Crippen LogP contribution in [0.15, 0.2) is 24.0 Å². The number of esters is 1. The van der Waals surface area contributed by atoms with Crippen LogP contribution in [0.3, 0.4) is 0 Å². The van der Waals surface area contributed by atoms with Gasteiger partial charge in [0, 0.05) is 0 Å². The highest BCUT2D eigenvalue weighted by atomic mass is 16.5. The summed E-state index contributed by atoms with van der Waals surface area (Å²) in [4.78, 5) is 10.7. The lowest BCUT2D eigenvalue weighted by Crippen LogP contribution is -2.05. The van der Waals surface area contributed by atoms with Gasteiger partial charge in [-0.3, -0.25) is 0 Å². The Morgan fingerprint density at radius 3 is 3.10 bits per heavy atom. The lowest BCUT2D eigenvalue weighted by atomic mass is 10.2. The van der Waals surface area contributed by atoms with E-state index in [4.69, 9.17) is 4.74 Å². The van der Waals surface area contributed by atoms with Gasteiger partial charge in [-0.05, 0) is 12.2 Å². The fourth-order valence-electron chi connectivity index (χ4n) is 0.642. The molecule has 0 aromatic heterocycles. The molecule has 0 atom stereocenters. The van der Waals surface area contributed by atoms with Crippen molar-refractivity contribution in [3.63, 3.8) is 0 Å². The van der Waals surface area contributed by atoms with E-state index in [0.29, 0.717) is 12.2 Å². The van der Waals surface area contributed by atoms with Crippen molar-refractivity contribution in [1.82, 2.24) is 0 Å². The van der Waals surface area contributed by atoms with Crippen LogP contribution in [-0.2, 0) is 14.3 Å². The first-order valence-electron chi connectivity index (χ1n) is 2.91. The molecule has 0 bridgehead atoms. The van der Waals surface area contributed by atoms with Crippen molar-refractivity contribution in [1.29, 1.82) is 0 Å². The van der Waals surface area contributed by atoms with Gasteiger partial charge >= 0.3 is 5.97 Å². The summed E-state index contributed by atoms with van der Waals surface area (Å²) in [7, 11) is 1.34. The topological polar surface area (TPSA) is 35.5 Å². The van der Waals surface area contributed by atoms with Crippen LogP contribution in [0, 0.1) is 0 Å². The van der Waals surface area contributed by atoms with E-state index < -0.39 is 0 Å². The van der Waals surface area contributed by atoms with Gasteiger partial charge in [0.05, 0.1) is 18.9 Å². The Bertz CT molecular complexity index is 191. The second kappa shape index (κ2) is 3.06. The molecule has 1 heterocycles. The normalized spacial score (nSPS) is 15.5. The van der Waals surface area contributed by atoms with Gasteiger partial charge in [0.15, 0.2) is 0 Å². The van der Waals surface area contributed by atoms with Crippen molar-refractivity contribution < 1.29 is 14.3 Å². The molecule has 0 saturated heterocycles. The standard InChI is InChI=1S/C7H8O3/c1-9-7(8)6-3-2-4-10-5-6/h2-3,5H,4H2,1H3. The van der Waals surface area contributed by atoms with Crippen molar-refractivity contribution in [3.8, 4) is 0 Å². The molecule has 3 nitrogen and oxygen atoms in total. The van der Waals surface area contributed by atoms with Crippen molar-refractivity contribution in [3.05, 3.63) is 24.0 Å². The van der Waals surface area contributed by atoms with Crippen LogP contribution in [0.2, 0.25) is 0 Å². The number of carbonyl (C=O) groups is 1. The summed E-state index contributed by atoms with van der Waals surface area (Å²) >= 11 is 0. The van der Waals surface area contributed by atoms with Crippen molar-refractivity contribution >= 4 is 5.97 Å². The Morgan fingerprint density at radius 2 is 2.60 bits per heavy atom. The van der Waals surface area contributed by atoms with E-state index in [1.165, 1.54) is 13.4 Å². The second-order valence-electron chi connectivity index (χ2n) is 1.80. The van der Waals surface area contributed by atoms with Gasteiger partial charge in [-0.1, -0.05) is 0 Å². The molecule has 0 aromatic carbocycles. The summed E-state index contributed by atoms with van der Waals surface area (Å²) in [6, 6.07) is 0. The molecular weight excluding hydrogens is 132 g/mol. The number of hydrogen-bond donors (Lipinski definition) is 0. The molecule has 0 fully saturated rings. The number of rotatable bonds is 1. The zero-order valence-electron chi connectivity index (χ0n) is 5.66. The lowest BCUT2D eigenvalue weighted by Gasteiger charge is -2.04. The summed E-state index contributed by atoms with van der Waals surface area (Å²) in [5.74, 6) is -0.365. The van der Waals surface area contributed by atoms with Crippen LogP contribution in [0.4, 0.5) is 0 Å². The number of hydrogen-bond acceptors (Lipinski definition) is 3. The maximum atomic E-state index is 10.7. The molecule has 0 unspecified atom stereocenters. The fraction of sp³-hybridized carbons (Fsp3) is 0.286. The zero-order valence-corrected chi connectivity index (χ0v) is 5.66. The average Bonchev–Trinajstić information content (AvgIpc) is 2.05. The summed E-state index contributed by atoms with van der Waals surface area (Å²) in [6.07, 6.45) is 4.83. The van der Waals surface area contributed by atoms with E-state index in [9.17, 15) is 4.79 Å². The van der Waals surface area contributed by atoms with Crippen LogP contribution in [0.5, 0.6) is 0 Å². The molecule has 0 radical (unpaired) electrons. The van der Waals surface area contributed by atoms with E-state index >= 15 is 0 Å². The van der Waals surface area contributed by atoms with Crippen LogP contribution >= 0.6 is 0 Å². The molecule has 10 heavy (non-hydrogen) atoms. The van der Waals surface area contributed by atoms with E-state index in [1.807, 2.05) is 0 Å². The Morgan fingerprint density at radius 1 is 1.80 bits per heavy atom.